The number of ether oxygens (including phenoxy) is 4. The normalized spacial score (nSPS) is 41.6. The molecule has 2 bridgehead atoms. The van der Waals surface area contributed by atoms with E-state index in [0.717, 1.165) is 0 Å². The van der Waals surface area contributed by atoms with Crippen LogP contribution in [-0.2, 0) is 28.5 Å². The quantitative estimate of drug-likeness (QED) is 0.405. The van der Waals surface area contributed by atoms with Gasteiger partial charge in [-0.3, -0.25) is 0 Å². The van der Waals surface area contributed by atoms with Crippen LogP contribution in [-0.4, -0.2) is 65.6 Å². The molecule has 0 aromatic heterocycles. The van der Waals surface area contributed by atoms with Crippen LogP contribution in [0.25, 0.3) is 0 Å². The summed E-state index contributed by atoms with van der Waals surface area (Å²) in [4.78, 5) is 24.8. The molecule has 29 heavy (non-hydrogen) atoms. The second kappa shape index (κ2) is 7.68. The summed E-state index contributed by atoms with van der Waals surface area (Å²) >= 11 is 0. The average Bonchev–Trinajstić information content (AvgIpc) is 3.11. The molecule has 0 amide bonds. The molecule has 3 heterocycles. The Balaban J connectivity index is 2.11. The number of hydrogen-bond donors (Lipinski definition) is 2. The van der Waals surface area contributed by atoms with Crippen molar-refractivity contribution >= 4 is 11.9 Å². The molecule has 3 aliphatic heterocycles. The number of hydrogen-bond acceptors (Lipinski definition) is 8. The molecule has 160 valence electrons. The second-order valence-electron chi connectivity index (χ2n) is 8.02. The number of methoxy groups -OCH3 is 1. The number of esters is 2. The van der Waals surface area contributed by atoms with Gasteiger partial charge in [0.15, 0.2) is 5.79 Å². The van der Waals surface area contributed by atoms with Crippen LogP contribution in [0.2, 0.25) is 0 Å². The summed E-state index contributed by atoms with van der Waals surface area (Å²) in [6.07, 6.45) is 1.11. The fraction of sp³-hybridized carbons (Fsp3) is 0.619. The van der Waals surface area contributed by atoms with Gasteiger partial charge in [0.1, 0.15) is 12.2 Å². The van der Waals surface area contributed by atoms with Gasteiger partial charge in [0, 0.05) is 36.7 Å². The molecule has 0 saturated carbocycles. The minimum atomic E-state index is -1.79. The highest BCUT2D eigenvalue weighted by molar-refractivity contribution is 5.92. The first-order chi connectivity index (χ1) is 13.6. The Morgan fingerprint density at radius 1 is 1.45 bits per heavy atom. The van der Waals surface area contributed by atoms with Crippen LogP contribution in [0.4, 0.5) is 0 Å². The van der Waals surface area contributed by atoms with E-state index in [2.05, 4.69) is 6.58 Å². The number of aliphatic hydroxyl groups excluding tert-OH is 1. The predicted molar refractivity (Wildman–Crippen MR) is 101 cm³/mol. The van der Waals surface area contributed by atoms with Crippen LogP contribution in [0.3, 0.4) is 0 Å². The lowest BCUT2D eigenvalue weighted by Gasteiger charge is -2.35. The predicted octanol–water partition coefficient (Wildman–Crippen LogP) is 1.17. The third kappa shape index (κ3) is 3.66. The molecule has 0 radical (unpaired) electrons. The van der Waals surface area contributed by atoms with Gasteiger partial charge in [-0.25, -0.2) is 9.59 Å². The van der Waals surface area contributed by atoms with E-state index >= 15 is 0 Å². The molecule has 8 heteroatoms. The van der Waals surface area contributed by atoms with Crippen molar-refractivity contribution in [2.45, 2.75) is 63.3 Å². The Morgan fingerprint density at radius 2 is 2.14 bits per heavy atom. The highest BCUT2D eigenvalue weighted by Crippen LogP contribution is 2.48. The van der Waals surface area contributed by atoms with E-state index in [1.807, 2.05) is 0 Å². The van der Waals surface area contributed by atoms with E-state index in [0.29, 0.717) is 5.57 Å². The summed E-state index contributed by atoms with van der Waals surface area (Å²) in [6, 6.07) is 0. The summed E-state index contributed by atoms with van der Waals surface area (Å²) in [7, 11) is 1.50. The van der Waals surface area contributed by atoms with Gasteiger partial charge in [0.25, 0.3) is 0 Å². The van der Waals surface area contributed by atoms with Gasteiger partial charge in [-0.05, 0) is 26.8 Å². The Labute approximate surface area is 169 Å². The molecule has 3 rings (SSSR count). The van der Waals surface area contributed by atoms with Crippen molar-refractivity contribution in [2.75, 3.05) is 13.7 Å². The van der Waals surface area contributed by atoms with E-state index < -0.39 is 54.2 Å². The maximum absolute atomic E-state index is 12.5. The SMILES string of the molecule is C=C1C(=O)O[C@@H]2/C=C(/CO)[C@@]3(O)C[C@H](OC)[C@@](C)(C[C@@H](OC(=O)/C(C)=C\C)[C@@H]12)O3. The van der Waals surface area contributed by atoms with Crippen LogP contribution < -0.4 is 0 Å². The Kier molecular flexibility index (Phi) is 5.75. The van der Waals surface area contributed by atoms with Crippen molar-refractivity contribution in [1.29, 1.82) is 0 Å². The van der Waals surface area contributed by atoms with Crippen LogP contribution in [0.15, 0.2) is 35.5 Å². The smallest absolute Gasteiger partial charge is 0.334 e. The van der Waals surface area contributed by atoms with E-state index in [4.69, 9.17) is 18.9 Å². The highest BCUT2D eigenvalue weighted by Gasteiger charge is 2.59. The zero-order valence-electron chi connectivity index (χ0n) is 17.1. The van der Waals surface area contributed by atoms with E-state index in [1.165, 1.54) is 13.2 Å². The molecular formula is C21H28O8. The van der Waals surface area contributed by atoms with Crippen LogP contribution in [0.5, 0.6) is 0 Å². The third-order valence-corrected chi connectivity index (χ3v) is 6.15. The van der Waals surface area contributed by atoms with Crippen LogP contribution >= 0.6 is 0 Å². The van der Waals surface area contributed by atoms with Gasteiger partial charge >= 0.3 is 11.9 Å². The molecule has 0 aromatic carbocycles. The standard InChI is InChI=1S/C21H28O8/c1-6-11(2)18(23)28-15-8-20(4)16(26-5)9-21(25,29-20)13(10-22)7-14-17(15)12(3)19(24)27-14/h6-7,14-17,22,25H,3,8-10H2,1-2,4-5H3/b11-6-,13-7-/t14-,15-,16+,17+,20-,21-/m1/s1. The summed E-state index contributed by atoms with van der Waals surface area (Å²) in [5.74, 6) is -3.60. The van der Waals surface area contributed by atoms with Gasteiger partial charge in [0.05, 0.1) is 24.2 Å². The first-order valence-electron chi connectivity index (χ1n) is 9.59. The van der Waals surface area contributed by atoms with Gasteiger partial charge in [-0.2, -0.15) is 0 Å². The van der Waals surface area contributed by atoms with Gasteiger partial charge in [-0.1, -0.05) is 12.7 Å². The Morgan fingerprint density at radius 3 is 2.72 bits per heavy atom. The van der Waals surface area contributed by atoms with Gasteiger partial charge in [0.2, 0.25) is 0 Å². The molecule has 0 aliphatic carbocycles. The van der Waals surface area contributed by atoms with Crippen LogP contribution in [0, 0.1) is 5.92 Å². The average molecular weight is 408 g/mol. The molecule has 0 aromatic rings. The lowest BCUT2D eigenvalue weighted by Crippen LogP contribution is -2.45. The largest absolute Gasteiger partial charge is 0.458 e. The molecule has 0 spiro atoms. The Bertz CT molecular complexity index is 784. The number of allylic oxidation sites excluding steroid dienone is 1. The molecule has 8 nitrogen and oxygen atoms in total. The fourth-order valence-electron chi connectivity index (χ4n) is 4.34. The Hall–Kier alpha value is -2.00. The lowest BCUT2D eigenvalue weighted by molar-refractivity contribution is -0.212. The first kappa shape index (κ1) is 21.7. The summed E-state index contributed by atoms with van der Waals surface area (Å²) in [6.45, 7) is 8.43. The molecule has 2 N–H and O–H groups in total. The van der Waals surface area contributed by atoms with Gasteiger partial charge < -0.3 is 29.2 Å². The maximum atomic E-state index is 12.5. The third-order valence-electron chi connectivity index (χ3n) is 6.15. The monoisotopic (exact) mass is 408 g/mol. The molecule has 2 fully saturated rings. The molecule has 3 aliphatic rings. The lowest BCUT2D eigenvalue weighted by atomic mass is 9.80. The molecular weight excluding hydrogens is 380 g/mol. The zero-order valence-corrected chi connectivity index (χ0v) is 17.1. The minimum absolute atomic E-state index is 0.0766. The van der Waals surface area contributed by atoms with Crippen molar-refractivity contribution in [1.82, 2.24) is 0 Å². The van der Waals surface area contributed by atoms with E-state index in [9.17, 15) is 19.8 Å². The molecule has 0 unspecified atom stereocenters. The number of fused-ring (bicyclic) bond motifs is 3. The first-order valence-corrected chi connectivity index (χ1v) is 9.59. The van der Waals surface area contributed by atoms with Crippen molar-refractivity contribution in [3.05, 3.63) is 35.5 Å². The topological polar surface area (TPSA) is 112 Å². The minimum Gasteiger partial charge on any atom is -0.458 e. The number of carbonyl (C=O) groups excluding carboxylic acids is 2. The van der Waals surface area contributed by atoms with Crippen LogP contribution in [0.1, 0.15) is 33.6 Å². The van der Waals surface area contributed by atoms with Crippen molar-refractivity contribution in [3.8, 4) is 0 Å². The van der Waals surface area contributed by atoms with Crippen molar-refractivity contribution in [3.63, 3.8) is 0 Å². The van der Waals surface area contributed by atoms with E-state index in [-0.39, 0.29) is 24.0 Å². The summed E-state index contributed by atoms with van der Waals surface area (Å²) < 4.78 is 22.7. The molecule has 6 atom stereocenters. The number of carbonyl (C=O) groups is 2. The molecule has 2 saturated heterocycles. The summed E-state index contributed by atoms with van der Waals surface area (Å²) in [5.41, 5.74) is -0.298. The fourth-order valence-corrected chi connectivity index (χ4v) is 4.34. The van der Waals surface area contributed by atoms with Gasteiger partial charge in [-0.15, -0.1) is 0 Å². The second-order valence-corrected chi connectivity index (χ2v) is 8.02. The van der Waals surface area contributed by atoms with Crippen molar-refractivity contribution < 1.29 is 38.7 Å². The number of aliphatic hydroxyl groups is 2. The van der Waals surface area contributed by atoms with Crippen molar-refractivity contribution in [2.24, 2.45) is 5.92 Å². The van der Waals surface area contributed by atoms with E-state index in [1.54, 1.807) is 26.8 Å². The number of rotatable bonds is 4. The maximum Gasteiger partial charge on any atom is 0.334 e. The highest BCUT2D eigenvalue weighted by atomic mass is 16.7. The summed E-state index contributed by atoms with van der Waals surface area (Å²) in [5, 5.41) is 21.0. The zero-order chi connectivity index (χ0) is 21.6.